The molecular weight excluding hydrogens is 450 g/mol. The van der Waals surface area contributed by atoms with Gasteiger partial charge in [0.1, 0.15) is 5.56 Å². The number of nitrogens with zero attached hydrogens (tertiary/aromatic N) is 2. The van der Waals surface area contributed by atoms with Crippen molar-refractivity contribution in [3.63, 3.8) is 0 Å². The Kier molecular flexibility index (Phi) is 7.14. The van der Waals surface area contributed by atoms with E-state index in [9.17, 15) is 9.59 Å². The molecule has 1 fully saturated rings. The smallest absolute Gasteiger partial charge is 0.345 e. The quantitative estimate of drug-likeness (QED) is 0.363. The molecule has 0 spiro atoms. The molecule has 4 aromatic rings. The van der Waals surface area contributed by atoms with E-state index in [4.69, 9.17) is 4.74 Å². The molecule has 184 valence electrons. The molecule has 0 aliphatic carbocycles. The first-order valence-electron chi connectivity index (χ1n) is 12.6. The molecule has 0 saturated carbocycles. The van der Waals surface area contributed by atoms with Gasteiger partial charge in [-0.25, -0.2) is 4.79 Å². The van der Waals surface area contributed by atoms with Gasteiger partial charge in [0.2, 0.25) is 0 Å². The first-order valence-corrected chi connectivity index (χ1v) is 12.6. The first-order chi connectivity index (χ1) is 17.7. The molecule has 2 heterocycles. The van der Waals surface area contributed by atoms with Crippen LogP contribution in [0.4, 0.5) is 11.4 Å². The van der Waals surface area contributed by atoms with E-state index in [0.717, 1.165) is 42.5 Å². The number of hydrogen-bond acceptors (Lipinski definition) is 5. The lowest BCUT2D eigenvalue weighted by Crippen LogP contribution is -2.38. The molecule has 3 aromatic carbocycles. The molecule has 1 aromatic heterocycles. The van der Waals surface area contributed by atoms with Crippen LogP contribution in [0.1, 0.15) is 30.1 Å². The van der Waals surface area contributed by atoms with Crippen LogP contribution < -0.4 is 15.8 Å². The van der Waals surface area contributed by atoms with Crippen LogP contribution in [0.3, 0.4) is 0 Å². The Bertz CT molecular complexity index is 1390. The summed E-state index contributed by atoms with van der Waals surface area (Å²) in [4.78, 5) is 29.8. The average molecular weight is 482 g/mol. The number of carbonyl (C=O) groups excluding carboxylic acids is 1. The third kappa shape index (κ3) is 4.64. The fourth-order valence-corrected chi connectivity index (χ4v) is 5.10. The van der Waals surface area contributed by atoms with Gasteiger partial charge in [-0.1, -0.05) is 54.6 Å². The number of fused-ring (bicyclic) bond motifs is 1. The maximum absolute atomic E-state index is 14.2. The number of benzene rings is 3. The van der Waals surface area contributed by atoms with E-state index in [1.165, 1.54) is 0 Å². The van der Waals surface area contributed by atoms with Gasteiger partial charge >= 0.3 is 5.97 Å². The molecule has 36 heavy (non-hydrogen) atoms. The topological polar surface area (TPSA) is 63.6 Å². The number of carbonyl (C=O) groups is 1. The number of nitrogens with one attached hydrogen (secondary N) is 1. The summed E-state index contributed by atoms with van der Waals surface area (Å²) in [7, 11) is 0. The zero-order valence-corrected chi connectivity index (χ0v) is 20.5. The molecule has 1 aliphatic rings. The summed E-state index contributed by atoms with van der Waals surface area (Å²) in [6, 6.07) is 27.3. The van der Waals surface area contributed by atoms with Crippen molar-refractivity contribution in [2.45, 2.75) is 19.8 Å². The van der Waals surface area contributed by atoms with Gasteiger partial charge in [-0.2, -0.15) is 0 Å². The SMILES string of the molecule is CCOC(=O)c1c(N(CC2CCCNC2)c2ccccc2)c2ccccc2n(-c2ccccc2)c1=O. The van der Waals surface area contributed by atoms with Crippen LogP contribution in [0.25, 0.3) is 16.6 Å². The molecule has 1 saturated heterocycles. The lowest BCUT2D eigenvalue weighted by atomic mass is 9.97. The van der Waals surface area contributed by atoms with Gasteiger partial charge < -0.3 is 15.0 Å². The number of esters is 1. The monoisotopic (exact) mass is 481 g/mol. The summed E-state index contributed by atoms with van der Waals surface area (Å²) in [5.74, 6) is -0.222. The second-order valence-corrected chi connectivity index (χ2v) is 9.10. The Hall–Kier alpha value is -3.90. The Morgan fingerprint density at radius 1 is 1.00 bits per heavy atom. The predicted molar refractivity (Wildman–Crippen MR) is 145 cm³/mol. The molecule has 5 rings (SSSR count). The maximum Gasteiger partial charge on any atom is 0.345 e. The highest BCUT2D eigenvalue weighted by Gasteiger charge is 2.30. The second-order valence-electron chi connectivity index (χ2n) is 9.10. The molecule has 1 atom stereocenters. The number of rotatable bonds is 7. The molecular formula is C30H31N3O3. The van der Waals surface area contributed by atoms with Crippen LogP contribution in [0.2, 0.25) is 0 Å². The third-order valence-electron chi connectivity index (χ3n) is 6.73. The molecule has 0 bridgehead atoms. The summed E-state index contributed by atoms with van der Waals surface area (Å²) in [5, 5.41) is 4.33. The third-order valence-corrected chi connectivity index (χ3v) is 6.73. The number of aromatic nitrogens is 1. The van der Waals surface area contributed by atoms with Gasteiger partial charge in [0, 0.05) is 23.3 Å². The number of anilines is 2. The Labute approximate surface area is 211 Å². The fraction of sp³-hybridized carbons (Fsp3) is 0.267. The van der Waals surface area contributed by atoms with Gasteiger partial charge in [-0.3, -0.25) is 9.36 Å². The van der Waals surface area contributed by atoms with Crippen LogP contribution in [0.15, 0.2) is 89.7 Å². The van der Waals surface area contributed by atoms with E-state index < -0.39 is 5.97 Å². The van der Waals surface area contributed by atoms with Crippen molar-refractivity contribution in [3.8, 4) is 5.69 Å². The molecule has 0 radical (unpaired) electrons. The molecule has 1 unspecified atom stereocenters. The minimum absolute atomic E-state index is 0.0621. The van der Waals surface area contributed by atoms with Crippen molar-refractivity contribution in [1.82, 2.24) is 9.88 Å². The van der Waals surface area contributed by atoms with Crippen LogP contribution in [0.5, 0.6) is 0 Å². The number of hydrogen-bond donors (Lipinski definition) is 1. The Balaban J connectivity index is 1.82. The zero-order valence-electron chi connectivity index (χ0n) is 20.5. The standard InChI is InChI=1S/C30H31N3O3/c1-2-36-30(35)27-28(32(23-13-5-3-6-14-23)21-22-12-11-19-31-20-22)25-17-9-10-18-26(25)33(29(27)34)24-15-7-4-8-16-24/h3-10,13-18,22,31H,2,11-12,19-21H2,1H3. The normalized spacial score (nSPS) is 15.5. The van der Waals surface area contributed by atoms with Crippen LogP contribution in [-0.4, -0.2) is 36.8 Å². The summed E-state index contributed by atoms with van der Waals surface area (Å²) in [5.41, 5.74) is 2.69. The zero-order chi connectivity index (χ0) is 24.9. The number of pyridine rings is 1. The number of piperidine rings is 1. The van der Waals surface area contributed by atoms with Crippen LogP contribution in [0, 0.1) is 5.92 Å². The maximum atomic E-state index is 14.2. The summed E-state index contributed by atoms with van der Waals surface area (Å²) in [6.07, 6.45) is 2.19. The summed E-state index contributed by atoms with van der Waals surface area (Å²) in [6.45, 7) is 4.55. The molecule has 0 amide bonds. The minimum atomic E-state index is -0.601. The van der Waals surface area contributed by atoms with E-state index in [1.54, 1.807) is 11.5 Å². The predicted octanol–water partition coefficient (Wildman–Crippen LogP) is 5.31. The van der Waals surface area contributed by atoms with Crippen molar-refractivity contribution >= 4 is 28.2 Å². The first kappa shape index (κ1) is 23.8. The van der Waals surface area contributed by atoms with E-state index in [2.05, 4.69) is 10.2 Å². The fourth-order valence-electron chi connectivity index (χ4n) is 5.10. The van der Waals surface area contributed by atoms with Crippen LogP contribution in [-0.2, 0) is 4.74 Å². The Morgan fingerprint density at radius 2 is 1.69 bits per heavy atom. The molecule has 1 aliphatic heterocycles. The molecule has 6 nitrogen and oxygen atoms in total. The van der Waals surface area contributed by atoms with Crippen molar-refractivity contribution in [3.05, 3.63) is 101 Å². The largest absolute Gasteiger partial charge is 0.462 e. The summed E-state index contributed by atoms with van der Waals surface area (Å²) >= 11 is 0. The second kappa shape index (κ2) is 10.8. The van der Waals surface area contributed by atoms with Crippen molar-refractivity contribution in [2.24, 2.45) is 5.92 Å². The number of para-hydroxylation sites is 3. The van der Waals surface area contributed by atoms with E-state index >= 15 is 0 Å². The van der Waals surface area contributed by atoms with Gasteiger partial charge in [0.05, 0.1) is 17.8 Å². The van der Waals surface area contributed by atoms with Gasteiger partial charge in [-0.15, -0.1) is 0 Å². The van der Waals surface area contributed by atoms with Crippen molar-refractivity contribution in [2.75, 3.05) is 31.1 Å². The van der Waals surface area contributed by atoms with Gasteiger partial charge in [0.25, 0.3) is 5.56 Å². The average Bonchev–Trinajstić information content (AvgIpc) is 2.93. The van der Waals surface area contributed by atoms with E-state index in [0.29, 0.717) is 23.8 Å². The van der Waals surface area contributed by atoms with Crippen LogP contribution >= 0.6 is 0 Å². The van der Waals surface area contributed by atoms with E-state index in [1.807, 2.05) is 84.9 Å². The van der Waals surface area contributed by atoms with Crippen molar-refractivity contribution in [1.29, 1.82) is 0 Å². The lowest BCUT2D eigenvalue weighted by molar-refractivity contribution is 0.0525. The minimum Gasteiger partial charge on any atom is -0.462 e. The summed E-state index contributed by atoms with van der Waals surface area (Å²) < 4.78 is 7.10. The lowest BCUT2D eigenvalue weighted by Gasteiger charge is -2.33. The van der Waals surface area contributed by atoms with Gasteiger partial charge in [0.15, 0.2) is 0 Å². The molecule has 1 N–H and O–H groups in total. The highest BCUT2D eigenvalue weighted by atomic mass is 16.5. The highest BCUT2D eigenvalue weighted by Crippen LogP contribution is 2.36. The molecule has 6 heteroatoms. The highest BCUT2D eigenvalue weighted by molar-refractivity contribution is 6.07. The van der Waals surface area contributed by atoms with Gasteiger partial charge in [-0.05, 0) is 69.1 Å². The van der Waals surface area contributed by atoms with E-state index in [-0.39, 0.29) is 17.7 Å². The van der Waals surface area contributed by atoms with Crippen molar-refractivity contribution < 1.29 is 9.53 Å². The Morgan fingerprint density at radius 3 is 2.39 bits per heavy atom. The number of ether oxygens (including phenoxy) is 1.